The third-order valence-corrected chi connectivity index (χ3v) is 3.84. The SMILES string of the molecule is C=C(C)C(=O)OC1C2OC3C1OC(=O)C3C2C. The van der Waals surface area contributed by atoms with Crippen LogP contribution >= 0.6 is 0 Å². The van der Waals surface area contributed by atoms with E-state index >= 15 is 0 Å². The largest absolute Gasteiger partial charge is 0.455 e. The van der Waals surface area contributed by atoms with Crippen molar-refractivity contribution in [2.24, 2.45) is 11.8 Å². The van der Waals surface area contributed by atoms with Crippen molar-refractivity contribution in [1.82, 2.24) is 0 Å². The van der Waals surface area contributed by atoms with E-state index in [0.29, 0.717) is 5.57 Å². The van der Waals surface area contributed by atoms with Crippen LogP contribution < -0.4 is 0 Å². The van der Waals surface area contributed by atoms with Crippen molar-refractivity contribution in [3.63, 3.8) is 0 Å². The summed E-state index contributed by atoms with van der Waals surface area (Å²) in [5.74, 6) is -0.847. The number of hydrogen-bond donors (Lipinski definition) is 0. The van der Waals surface area contributed by atoms with Gasteiger partial charge in [-0.05, 0) is 6.92 Å². The van der Waals surface area contributed by atoms with E-state index in [9.17, 15) is 9.59 Å². The minimum absolute atomic E-state index is 0.0363. The van der Waals surface area contributed by atoms with E-state index in [1.807, 2.05) is 6.92 Å². The molecule has 6 atom stereocenters. The number of fused-ring (bicyclic) bond motifs is 1. The Hall–Kier alpha value is -1.36. The van der Waals surface area contributed by atoms with Gasteiger partial charge in [0.2, 0.25) is 0 Å². The maximum atomic E-state index is 11.6. The monoisotopic (exact) mass is 238 g/mol. The molecule has 0 N–H and O–H groups in total. The highest BCUT2D eigenvalue weighted by atomic mass is 16.7. The number of ether oxygens (including phenoxy) is 3. The van der Waals surface area contributed by atoms with Gasteiger partial charge in [-0.2, -0.15) is 0 Å². The molecule has 0 saturated carbocycles. The fourth-order valence-electron chi connectivity index (χ4n) is 2.98. The van der Waals surface area contributed by atoms with Gasteiger partial charge in [0, 0.05) is 11.5 Å². The molecule has 17 heavy (non-hydrogen) atoms. The zero-order valence-electron chi connectivity index (χ0n) is 9.71. The van der Waals surface area contributed by atoms with Crippen molar-refractivity contribution in [3.05, 3.63) is 12.2 Å². The molecule has 0 amide bonds. The minimum atomic E-state index is -0.484. The maximum Gasteiger partial charge on any atom is 0.333 e. The number of carbonyl (C=O) groups is 2. The molecule has 3 aliphatic heterocycles. The number of esters is 2. The first-order valence-corrected chi connectivity index (χ1v) is 5.73. The van der Waals surface area contributed by atoms with Gasteiger partial charge in [-0.3, -0.25) is 4.79 Å². The minimum Gasteiger partial charge on any atom is -0.455 e. The number of carbonyl (C=O) groups excluding carboxylic acids is 2. The Bertz CT molecular complexity index is 415. The van der Waals surface area contributed by atoms with Crippen LogP contribution in [-0.2, 0) is 23.8 Å². The van der Waals surface area contributed by atoms with E-state index in [0.717, 1.165) is 0 Å². The van der Waals surface area contributed by atoms with Gasteiger partial charge in [0.05, 0.1) is 5.92 Å². The molecule has 5 heteroatoms. The Morgan fingerprint density at radius 3 is 2.71 bits per heavy atom. The highest BCUT2D eigenvalue weighted by Gasteiger charge is 2.68. The predicted molar refractivity (Wildman–Crippen MR) is 55.9 cm³/mol. The van der Waals surface area contributed by atoms with Crippen molar-refractivity contribution in [1.29, 1.82) is 0 Å². The average molecular weight is 238 g/mol. The lowest BCUT2D eigenvalue weighted by Crippen LogP contribution is -2.44. The summed E-state index contributed by atoms with van der Waals surface area (Å²) >= 11 is 0. The van der Waals surface area contributed by atoms with Crippen LogP contribution in [0.5, 0.6) is 0 Å². The maximum absolute atomic E-state index is 11.6. The van der Waals surface area contributed by atoms with Crippen LogP contribution in [0.1, 0.15) is 13.8 Å². The molecule has 0 aliphatic carbocycles. The van der Waals surface area contributed by atoms with E-state index in [2.05, 4.69) is 6.58 Å². The molecule has 0 aromatic heterocycles. The summed E-state index contributed by atoms with van der Waals surface area (Å²) in [5.41, 5.74) is 0.335. The van der Waals surface area contributed by atoms with E-state index < -0.39 is 18.2 Å². The molecular weight excluding hydrogens is 224 g/mol. The molecule has 0 radical (unpaired) electrons. The smallest absolute Gasteiger partial charge is 0.333 e. The normalized spacial score (nSPS) is 45.9. The lowest BCUT2D eigenvalue weighted by atomic mass is 9.80. The predicted octanol–water partition coefficient (Wildman–Crippen LogP) is 0.433. The first kappa shape index (κ1) is 10.8. The zero-order valence-corrected chi connectivity index (χ0v) is 9.71. The van der Waals surface area contributed by atoms with Gasteiger partial charge < -0.3 is 14.2 Å². The molecule has 6 unspecified atom stereocenters. The van der Waals surface area contributed by atoms with Gasteiger partial charge in [-0.1, -0.05) is 13.5 Å². The summed E-state index contributed by atoms with van der Waals surface area (Å²) in [4.78, 5) is 23.1. The summed E-state index contributed by atoms with van der Waals surface area (Å²) in [6.07, 6.45) is -1.39. The molecule has 3 rings (SSSR count). The van der Waals surface area contributed by atoms with Crippen molar-refractivity contribution in [3.8, 4) is 0 Å². The second-order valence-corrected chi connectivity index (χ2v) is 5.00. The fraction of sp³-hybridized carbons (Fsp3) is 0.667. The summed E-state index contributed by atoms with van der Waals surface area (Å²) in [7, 11) is 0. The van der Waals surface area contributed by atoms with Crippen LogP contribution in [0.15, 0.2) is 12.2 Å². The summed E-state index contributed by atoms with van der Waals surface area (Å²) in [5, 5.41) is 0. The highest BCUT2D eigenvalue weighted by molar-refractivity contribution is 5.87. The van der Waals surface area contributed by atoms with Gasteiger partial charge in [-0.25, -0.2) is 4.79 Å². The lowest BCUT2D eigenvalue weighted by molar-refractivity contribution is -0.157. The van der Waals surface area contributed by atoms with Crippen molar-refractivity contribution < 1.29 is 23.8 Å². The van der Waals surface area contributed by atoms with Crippen LogP contribution in [-0.4, -0.2) is 36.4 Å². The van der Waals surface area contributed by atoms with Crippen LogP contribution in [0.4, 0.5) is 0 Å². The Balaban J connectivity index is 1.83. The number of rotatable bonds is 2. The molecule has 0 spiro atoms. The van der Waals surface area contributed by atoms with Crippen LogP contribution in [0.3, 0.4) is 0 Å². The first-order valence-electron chi connectivity index (χ1n) is 5.73. The topological polar surface area (TPSA) is 61.8 Å². The van der Waals surface area contributed by atoms with Gasteiger partial charge in [0.15, 0.2) is 12.2 Å². The van der Waals surface area contributed by atoms with Gasteiger partial charge in [-0.15, -0.1) is 0 Å². The zero-order chi connectivity index (χ0) is 12.3. The average Bonchev–Trinajstić information content (AvgIpc) is 2.82. The first-order chi connectivity index (χ1) is 8.00. The summed E-state index contributed by atoms with van der Waals surface area (Å²) in [6.45, 7) is 7.05. The Morgan fingerprint density at radius 1 is 1.35 bits per heavy atom. The molecule has 3 heterocycles. The van der Waals surface area contributed by atoms with E-state index in [1.54, 1.807) is 6.92 Å². The quantitative estimate of drug-likeness (QED) is 0.516. The Kier molecular flexibility index (Phi) is 2.10. The van der Waals surface area contributed by atoms with Gasteiger partial charge in [0.25, 0.3) is 0 Å². The Labute approximate surface area is 98.7 Å². The molecule has 0 aromatic rings. The van der Waals surface area contributed by atoms with Crippen molar-refractivity contribution in [2.45, 2.75) is 38.3 Å². The van der Waals surface area contributed by atoms with Gasteiger partial charge >= 0.3 is 11.9 Å². The van der Waals surface area contributed by atoms with Crippen LogP contribution in [0, 0.1) is 11.8 Å². The van der Waals surface area contributed by atoms with Crippen molar-refractivity contribution in [2.75, 3.05) is 0 Å². The molecular formula is C12H14O5. The van der Waals surface area contributed by atoms with Crippen LogP contribution in [0.25, 0.3) is 0 Å². The molecule has 0 aromatic carbocycles. The second-order valence-electron chi connectivity index (χ2n) is 5.00. The highest BCUT2D eigenvalue weighted by Crippen LogP contribution is 2.50. The summed E-state index contributed by atoms with van der Waals surface area (Å²) < 4.78 is 16.2. The van der Waals surface area contributed by atoms with Gasteiger partial charge in [0.1, 0.15) is 12.2 Å². The molecule has 3 aliphatic rings. The third-order valence-electron chi connectivity index (χ3n) is 3.84. The Morgan fingerprint density at radius 2 is 2.06 bits per heavy atom. The van der Waals surface area contributed by atoms with E-state index in [4.69, 9.17) is 14.2 Å². The summed E-state index contributed by atoms with van der Waals surface area (Å²) in [6, 6.07) is 0. The second kappa shape index (κ2) is 3.32. The molecule has 2 bridgehead atoms. The lowest BCUT2D eigenvalue weighted by Gasteiger charge is -2.26. The molecule has 3 saturated heterocycles. The van der Waals surface area contributed by atoms with E-state index in [1.165, 1.54) is 0 Å². The van der Waals surface area contributed by atoms with Crippen LogP contribution in [0.2, 0.25) is 0 Å². The molecule has 5 nitrogen and oxygen atoms in total. The standard InChI is InChI=1S/C12H14O5/c1-4(2)11(13)16-9-7-5(3)6-8(15-7)10(9)17-12(6)14/h5-10H,1H2,2-3H3. The fourth-order valence-corrected chi connectivity index (χ4v) is 2.98. The number of hydrogen-bond acceptors (Lipinski definition) is 5. The third kappa shape index (κ3) is 1.29. The van der Waals surface area contributed by atoms with Crippen molar-refractivity contribution >= 4 is 11.9 Å². The molecule has 3 fully saturated rings. The molecule has 92 valence electrons. The van der Waals surface area contributed by atoms with E-state index in [-0.39, 0.29) is 30.0 Å².